The summed E-state index contributed by atoms with van der Waals surface area (Å²) >= 11 is 0. The minimum atomic E-state index is -0.325. The summed E-state index contributed by atoms with van der Waals surface area (Å²) in [5, 5.41) is 1.16. The van der Waals surface area contributed by atoms with Crippen LogP contribution >= 0.6 is 0 Å². The van der Waals surface area contributed by atoms with Gasteiger partial charge in [0.1, 0.15) is 0 Å². The number of fused-ring (bicyclic) bond motifs is 1. The van der Waals surface area contributed by atoms with Crippen LogP contribution in [0.15, 0.2) is 42.6 Å². The Labute approximate surface area is 125 Å². The van der Waals surface area contributed by atoms with Crippen molar-refractivity contribution in [3.63, 3.8) is 0 Å². The number of carbonyl (C=O) groups excluding carboxylic acids is 1. The molecule has 0 amide bonds. The summed E-state index contributed by atoms with van der Waals surface area (Å²) in [6.45, 7) is 4.17. The first-order valence-corrected chi connectivity index (χ1v) is 7.19. The number of nitrogens with zero attached hydrogens (tertiary/aromatic N) is 1. The van der Waals surface area contributed by atoms with Gasteiger partial charge in [0.2, 0.25) is 0 Å². The fourth-order valence-corrected chi connectivity index (χ4v) is 2.46. The van der Waals surface area contributed by atoms with Crippen LogP contribution < -0.4 is 5.73 Å². The van der Waals surface area contributed by atoms with Gasteiger partial charge in [0.05, 0.1) is 6.61 Å². The molecular formula is C17H22N2O2. The molecule has 0 aliphatic carbocycles. The van der Waals surface area contributed by atoms with Crippen molar-refractivity contribution in [3.05, 3.63) is 48.2 Å². The van der Waals surface area contributed by atoms with Crippen LogP contribution in [-0.2, 0) is 16.6 Å². The molecule has 4 nitrogen and oxygen atoms in total. The Bertz CT molecular complexity index is 658. The third-order valence-corrected chi connectivity index (χ3v) is 3.68. The third-order valence-electron chi connectivity index (χ3n) is 3.68. The maximum Gasteiger partial charge on any atom is 0.330 e. The van der Waals surface area contributed by atoms with Crippen LogP contribution in [0.5, 0.6) is 0 Å². The van der Waals surface area contributed by atoms with Crippen LogP contribution in [0.2, 0.25) is 0 Å². The molecule has 0 bridgehead atoms. The molecule has 21 heavy (non-hydrogen) atoms. The molecule has 2 unspecified atom stereocenters. The fraction of sp³-hybridized carbons (Fsp3) is 0.353. The van der Waals surface area contributed by atoms with Crippen molar-refractivity contribution < 1.29 is 9.53 Å². The van der Waals surface area contributed by atoms with E-state index < -0.39 is 0 Å². The lowest BCUT2D eigenvalue weighted by Gasteiger charge is -2.16. The first-order chi connectivity index (χ1) is 10.0. The molecule has 0 saturated heterocycles. The number of rotatable bonds is 5. The molecule has 1 aromatic carbocycles. The molecule has 2 atom stereocenters. The van der Waals surface area contributed by atoms with Gasteiger partial charge >= 0.3 is 5.97 Å². The molecule has 0 saturated carbocycles. The zero-order valence-electron chi connectivity index (χ0n) is 12.7. The molecule has 1 heterocycles. The van der Waals surface area contributed by atoms with Gasteiger partial charge in [0, 0.05) is 36.3 Å². The van der Waals surface area contributed by atoms with Gasteiger partial charge in [-0.1, -0.05) is 31.2 Å². The number of aryl methyl sites for hydroxylation is 1. The summed E-state index contributed by atoms with van der Waals surface area (Å²) in [4.78, 5) is 11.4. The van der Waals surface area contributed by atoms with E-state index in [4.69, 9.17) is 10.5 Å². The molecule has 2 N–H and O–H groups in total. The SMILES string of the molecule is CCOC(=O)C=CC(C)C(N)c1cn(C)c2ccccc12. The van der Waals surface area contributed by atoms with E-state index in [2.05, 4.69) is 22.9 Å². The van der Waals surface area contributed by atoms with Crippen LogP contribution in [0.25, 0.3) is 10.9 Å². The average Bonchev–Trinajstić information content (AvgIpc) is 2.82. The highest BCUT2D eigenvalue weighted by Gasteiger charge is 2.17. The Balaban J connectivity index is 2.22. The van der Waals surface area contributed by atoms with Gasteiger partial charge in [-0.2, -0.15) is 0 Å². The van der Waals surface area contributed by atoms with Gasteiger partial charge < -0.3 is 15.0 Å². The predicted octanol–water partition coefficient (Wildman–Crippen LogP) is 2.93. The summed E-state index contributed by atoms with van der Waals surface area (Å²) in [6.07, 6.45) is 5.33. The minimum Gasteiger partial charge on any atom is -0.463 e. The van der Waals surface area contributed by atoms with Crippen molar-refractivity contribution in [1.29, 1.82) is 0 Å². The number of nitrogens with two attached hydrogens (primary N) is 1. The van der Waals surface area contributed by atoms with Crippen LogP contribution in [-0.4, -0.2) is 17.1 Å². The number of esters is 1. The highest BCUT2D eigenvalue weighted by atomic mass is 16.5. The molecular weight excluding hydrogens is 264 g/mol. The van der Waals surface area contributed by atoms with E-state index in [0.717, 1.165) is 16.5 Å². The van der Waals surface area contributed by atoms with Gasteiger partial charge in [-0.25, -0.2) is 4.79 Å². The molecule has 0 aliphatic heterocycles. The summed E-state index contributed by atoms with van der Waals surface area (Å²) in [6, 6.07) is 8.01. The number of para-hydroxylation sites is 1. The molecule has 0 fully saturated rings. The van der Waals surface area contributed by atoms with E-state index in [0.29, 0.717) is 6.61 Å². The van der Waals surface area contributed by atoms with E-state index in [1.165, 1.54) is 6.08 Å². The van der Waals surface area contributed by atoms with E-state index in [1.807, 2.05) is 32.2 Å². The smallest absolute Gasteiger partial charge is 0.330 e. The summed E-state index contributed by atoms with van der Waals surface area (Å²) in [5.41, 5.74) is 8.61. The van der Waals surface area contributed by atoms with Crippen molar-refractivity contribution in [1.82, 2.24) is 4.57 Å². The zero-order chi connectivity index (χ0) is 15.4. The van der Waals surface area contributed by atoms with E-state index in [9.17, 15) is 4.79 Å². The van der Waals surface area contributed by atoms with Crippen molar-refractivity contribution in [3.8, 4) is 0 Å². The average molecular weight is 286 g/mol. The maximum absolute atomic E-state index is 11.4. The molecule has 0 aliphatic rings. The quantitative estimate of drug-likeness (QED) is 0.679. The van der Waals surface area contributed by atoms with Crippen LogP contribution in [0.3, 0.4) is 0 Å². The van der Waals surface area contributed by atoms with E-state index >= 15 is 0 Å². The molecule has 0 radical (unpaired) electrons. The monoisotopic (exact) mass is 286 g/mol. The van der Waals surface area contributed by atoms with Gasteiger partial charge in [-0.05, 0) is 24.5 Å². The molecule has 1 aromatic heterocycles. The number of carbonyl (C=O) groups is 1. The Hall–Kier alpha value is -2.07. The third kappa shape index (κ3) is 3.34. The van der Waals surface area contributed by atoms with Crippen molar-refractivity contribution in [2.24, 2.45) is 18.7 Å². The minimum absolute atomic E-state index is 0.0419. The number of hydrogen-bond acceptors (Lipinski definition) is 3. The largest absolute Gasteiger partial charge is 0.463 e. The first-order valence-electron chi connectivity index (χ1n) is 7.19. The molecule has 2 aromatic rings. The number of aromatic nitrogens is 1. The first kappa shape index (κ1) is 15.3. The molecule has 0 spiro atoms. The highest BCUT2D eigenvalue weighted by molar-refractivity contribution is 5.84. The van der Waals surface area contributed by atoms with Gasteiger partial charge in [0.25, 0.3) is 0 Å². The van der Waals surface area contributed by atoms with Gasteiger partial charge in [0.15, 0.2) is 0 Å². The predicted molar refractivity (Wildman–Crippen MR) is 84.8 cm³/mol. The van der Waals surface area contributed by atoms with Crippen molar-refractivity contribution >= 4 is 16.9 Å². The summed E-state index contributed by atoms with van der Waals surface area (Å²) in [7, 11) is 2.01. The Morgan fingerprint density at radius 1 is 1.43 bits per heavy atom. The standard InChI is InChI=1S/C17H22N2O2/c1-4-21-16(20)10-9-12(2)17(18)14-11-19(3)15-8-6-5-7-13(14)15/h5-12,17H,4,18H2,1-3H3. The number of hydrogen-bond donors (Lipinski definition) is 1. The van der Waals surface area contributed by atoms with Crippen LogP contribution in [0.4, 0.5) is 0 Å². The second kappa shape index (κ2) is 6.59. The Kier molecular flexibility index (Phi) is 4.81. The van der Waals surface area contributed by atoms with Crippen molar-refractivity contribution in [2.45, 2.75) is 19.9 Å². The number of ether oxygens (including phenoxy) is 1. The second-order valence-corrected chi connectivity index (χ2v) is 5.21. The lowest BCUT2D eigenvalue weighted by molar-refractivity contribution is -0.137. The van der Waals surface area contributed by atoms with Gasteiger partial charge in [-0.15, -0.1) is 0 Å². The van der Waals surface area contributed by atoms with E-state index in [1.54, 1.807) is 6.92 Å². The Morgan fingerprint density at radius 2 is 2.14 bits per heavy atom. The lowest BCUT2D eigenvalue weighted by atomic mass is 9.94. The normalized spacial score (nSPS) is 14.5. The van der Waals surface area contributed by atoms with Gasteiger partial charge in [-0.3, -0.25) is 0 Å². The van der Waals surface area contributed by atoms with Crippen LogP contribution in [0, 0.1) is 5.92 Å². The topological polar surface area (TPSA) is 57.2 Å². The van der Waals surface area contributed by atoms with Crippen molar-refractivity contribution in [2.75, 3.05) is 6.61 Å². The molecule has 4 heteroatoms. The Morgan fingerprint density at radius 3 is 2.86 bits per heavy atom. The van der Waals surface area contributed by atoms with E-state index in [-0.39, 0.29) is 17.9 Å². The zero-order valence-corrected chi connectivity index (χ0v) is 12.7. The lowest BCUT2D eigenvalue weighted by Crippen LogP contribution is -2.17. The summed E-state index contributed by atoms with van der Waals surface area (Å²) < 4.78 is 6.96. The molecule has 2 rings (SSSR count). The second-order valence-electron chi connectivity index (χ2n) is 5.21. The molecule has 112 valence electrons. The summed E-state index contributed by atoms with van der Waals surface area (Å²) in [5.74, 6) is -0.283. The number of benzene rings is 1. The fourth-order valence-electron chi connectivity index (χ4n) is 2.46. The highest BCUT2D eigenvalue weighted by Crippen LogP contribution is 2.29. The maximum atomic E-state index is 11.4. The van der Waals surface area contributed by atoms with Crippen LogP contribution in [0.1, 0.15) is 25.5 Å².